The molecule has 0 aromatic heterocycles. The van der Waals surface area contributed by atoms with Gasteiger partial charge in [-0.25, -0.2) is 17.6 Å². The smallest absolute Gasteiger partial charge is 0.409 e. The van der Waals surface area contributed by atoms with Crippen LogP contribution in [0.3, 0.4) is 0 Å². The van der Waals surface area contributed by atoms with Crippen LogP contribution in [0.2, 0.25) is 5.02 Å². The van der Waals surface area contributed by atoms with E-state index in [1.165, 1.54) is 25.1 Å². The van der Waals surface area contributed by atoms with Crippen LogP contribution in [0.5, 0.6) is 5.75 Å². The van der Waals surface area contributed by atoms with E-state index in [2.05, 4.69) is 10.6 Å². The summed E-state index contributed by atoms with van der Waals surface area (Å²) in [7, 11) is -4.27. The zero-order chi connectivity index (χ0) is 22.1. The molecule has 0 spiro atoms. The van der Waals surface area contributed by atoms with Crippen LogP contribution < -0.4 is 19.7 Å². The average molecular weight is 458 g/mol. The minimum Gasteiger partial charge on any atom is -0.484 e. The Kier molecular flexibility index (Phi) is 6.04. The van der Waals surface area contributed by atoms with Gasteiger partial charge in [-0.15, -0.1) is 0 Å². The quantitative estimate of drug-likeness (QED) is 0.634. The minimum absolute atomic E-state index is 0.0348. The number of amides is 2. The predicted molar refractivity (Wildman–Crippen MR) is 107 cm³/mol. The molecule has 30 heavy (non-hydrogen) atoms. The van der Waals surface area contributed by atoms with Crippen molar-refractivity contribution < 1.29 is 32.2 Å². The summed E-state index contributed by atoms with van der Waals surface area (Å²) in [5, 5.41) is 13.3. The molecule has 0 bridgehead atoms. The van der Waals surface area contributed by atoms with Gasteiger partial charge >= 0.3 is 6.09 Å². The van der Waals surface area contributed by atoms with Crippen LogP contribution in [0.15, 0.2) is 41.3 Å². The number of sulfonamides is 1. The number of halogens is 2. The van der Waals surface area contributed by atoms with E-state index < -0.39 is 28.0 Å². The fourth-order valence-electron chi connectivity index (χ4n) is 2.91. The Hall–Kier alpha value is -3.05. The Labute approximate surface area is 176 Å². The first-order valence-corrected chi connectivity index (χ1v) is 10.4. The molecule has 0 aliphatic carbocycles. The predicted octanol–water partition coefficient (Wildman–Crippen LogP) is 2.66. The van der Waals surface area contributed by atoms with Crippen molar-refractivity contribution in [1.82, 2.24) is 5.32 Å². The number of nitrogens with zero attached hydrogens (tertiary/aromatic N) is 1. The van der Waals surface area contributed by atoms with E-state index in [9.17, 15) is 22.4 Å². The number of hydrogen-bond acceptors (Lipinski definition) is 5. The summed E-state index contributed by atoms with van der Waals surface area (Å²) in [6, 6.07) is 7.01. The van der Waals surface area contributed by atoms with E-state index in [0.717, 1.165) is 22.5 Å². The van der Waals surface area contributed by atoms with E-state index in [0.29, 0.717) is 0 Å². The monoisotopic (exact) mass is 457 g/mol. The molecule has 160 valence electrons. The third-order valence-electron chi connectivity index (χ3n) is 4.18. The highest BCUT2D eigenvalue weighted by Gasteiger charge is 2.36. The van der Waals surface area contributed by atoms with Crippen molar-refractivity contribution in [2.24, 2.45) is 0 Å². The van der Waals surface area contributed by atoms with Crippen LogP contribution in [-0.4, -0.2) is 44.7 Å². The van der Waals surface area contributed by atoms with Gasteiger partial charge in [-0.2, -0.15) is 0 Å². The maximum atomic E-state index is 13.4. The van der Waals surface area contributed by atoms with E-state index in [1.54, 1.807) is 0 Å². The molecule has 3 rings (SSSR count). The minimum atomic E-state index is -4.27. The average Bonchev–Trinajstić information content (AvgIpc) is 2.65. The molecule has 9 nitrogen and oxygen atoms in total. The van der Waals surface area contributed by atoms with Gasteiger partial charge in [0, 0.05) is 12.6 Å². The number of anilines is 2. The first kappa shape index (κ1) is 21.7. The standard InChI is InChI=1S/C18H17ClFN3O6S/c1-10(24)21-8-13-9-23(30(27,28)17-5-2-11(20)6-14(17)19)15-7-12(22-18(25)26)3-4-16(15)29-13/h2-7,13,22H,8-9H2,1H3,(H,21,24)(H,25,26). The van der Waals surface area contributed by atoms with Crippen LogP contribution >= 0.6 is 11.6 Å². The highest BCUT2D eigenvalue weighted by molar-refractivity contribution is 7.93. The molecule has 0 saturated heterocycles. The molecule has 0 fully saturated rings. The second kappa shape index (κ2) is 8.36. The van der Waals surface area contributed by atoms with Crippen LogP contribution in [-0.2, 0) is 14.8 Å². The number of nitrogens with one attached hydrogen (secondary N) is 2. The van der Waals surface area contributed by atoms with Gasteiger partial charge in [0.1, 0.15) is 22.6 Å². The molecule has 2 aromatic carbocycles. The summed E-state index contributed by atoms with van der Waals surface area (Å²) in [6.07, 6.45) is -2.06. The number of ether oxygens (including phenoxy) is 1. The summed E-state index contributed by atoms with van der Waals surface area (Å²) in [4.78, 5) is 21.9. The lowest BCUT2D eigenvalue weighted by atomic mass is 10.2. The zero-order valence-electron chi connectivity index (χ0n) is 15.6. The third-order valence-corrected chi connectivity index (χ3v) is 6.45. The third kappa shape index (κ3) is 4.57. The molecular formula is C18H17ClFN3O6S. The molecule has 1 aliphatic rings. The van der Waals surface area contributed by atoms with Crippen molar-refractivity contribution in [3.05, 3.63) is 47.2 Å². The number of hydrogen-bond donors (Lipinski definition) is 3. The molecule has 1 aliphatic heterocycles. The van der Waals surface area contributed by atoms with Gasteiger partial charge in [0.15, 0.2) is 0 Å². The van der Waals surface area contributed by atoms with E-state index >= 15 is 0 Å². The molecular weight excluding hydrogens is 441 g/mol. The fourth-order valence-corrected chi connectivity index (χ4v) is 4.91. The maximum Gasteiger partial charge on any atom is 0.409 e. The molecule has 3 N–H and O–H groups in total. The Morgan fingerprint density at radius 2 is 2.03 bits per heavy atom. The van der Waals surface area contributed by atoms with Gasteiger partial charge in [-0.1, -0.05) is 11.6 Å². The van der Waals surface area contributed by atoms with Gasteiger partial charge in [0.05, 0.1) is 23.8 Å². The molecule has 0 radical (unpaired) electrons. The van der Waals surface area contributed by atoms with Crippen molar-refractivity contribution >= 4 is 45.0 Å². The number of fused-ring (bicyclic) bond motifs is 1. The van der Waals surface area contributed by atoms with Gasteiger partial charge < -0.3 is 15.2 Å². The second-order valence-corrected chi connectivity index (χ2v) is 8.64. The largest absolute Gasteiger partial charge is 0.484 e. The Balaban J connectivity index is 2.07. The van der Waals surface area contributed by atoms with Gasteiger partial charge in [0.2, 0.25) is 5.91 Å². The van der Waals surface area contributed by atoms with Crippen molar-refractivity contribution in [1.29, 1.82) is 0 Å². The van der Waals surface area contributed by atoms with Gasteiger partial charge in [0.25, 0.3) is 10.0 Å². The summed E-state index contributed by atoms with van der Waals surface area (Å²) in [5.74, 6) is -0.853. The number of carboxylic acid groups (broad SMARTS) is 1. The number of benzene rings is 2. The molecule has 1 atom stereocenters. The van der Waals surface area contributed by atoms with Crippen molar-refractivity contribution in [3.63, 3.8) is 0 Å². The topological polar surface area (TPSA) is 125 Å². The zero-order valence-corrected chi connectivity index (χ0v) is 17.1. The van der Waals surface area contributed by atoms with Crippen LogP contribution in [0.25, 0.3) is 0 Å². The van der Waals surface area contributed by atoms with Gasteiger partial charge in [-0.05, 0) is 36.4 Å². The number of rotatable bonds is 5. The molecule has 12 heteroatoms. The molecule has 1 heterocycles. The lowest BCUT2D eigenvalue weighted by Gasteiger charge is -2.36. The lowest BCUT2D eigenvalue weighted by Crippen LogP contribution is -2.48. The van der Waals surface area contributed by atoms with E-state index in [-0.39, 0.29) is 46.0 Å². The lowest BCUT2D eigenvalue weighted by molar-refractivity contribution is -0.119. The number of carbonyl (C=O) groups excluding carboxylic acids is 1. The Bertz CT molecular complexity index is 1110. The van der Waals surface area contributed by atoms with Gasteiger partial charge in [-0.3, -0.25) is 14.4 Å². The van der Waals surface area contributed by atoms with Crippen LogP contribution in [0.4, 0.5) is 20.6 Å². The van der Waals surface area contributed by atoms with Crippen LogP contribution in [0.1, 0.15) is 6.92 Å². The summed E-state index contributed by atoms with van der Waals surface area (Å²) in [5.41, 5.74) is 0.191. The number of carbonyl (C=O) groups is 2. The maximum absolute atomic E-state index is 13.4. The Morgan fingerprint density at radius 1 is 1.30 bits per heavy atom. The highest BCUT2D eigenvalue weighted by atomic mass is 35.5. The molecule has 0 saturated carbocycles. The van der Waals surface area contributed by atoms with Crippen molar-refractivity contribution in [2.75, 3.05) is 22.7 Å². The fraction of sp³-hybridized carbons (Fsp3) is 0.222. The molecule has 2 amide bonds. The normalized spacial score (nSPS) is 15.7. The molecule has 2 aromatic rings. The van der Waals surface area contributed by atoms with E-state index in [1.807, 2.05) is 0 Å². The first-order chi connectivity index (χ1) is 14.1. The van der Waals surface area contributed by atoms with Crippen molar-refractivity contribution in [2.45, 2.75) is 17.9 Å². The summed E-state index contributed by atoms with van der Waals surface area (Å²) in [6.45, 7) is 1.15. The summed E-state index contributed by atoms with van der Waals surface area (Å²) >= 11 is 5.98. The van der Waals surface area contributed by atoms with Crippen LogP contribution in [0, 0.1) is 5.82 Å². The highest BCUT2D eigenvalue weighted by Crippen LogP contribution is 2.40. The van der Waals surface area contributed by atoms with E-state index in [4.69, 9.17) is 21.4 Å². The molecule has 1 unspecified atom stereocenters. The second-order valence-electron chi connectivity index (χ2n) is 6.40. The first-order valence-electron chi connectivity index (χ1n) is 8.61. The Morgan fingerprint density at radius 3 is 2.67 bits per heavy atom. The SMILES string of the molecule is CC(=O)NCC1CN(S(=O)(=O)c2ccc(F)cc2Cl)c2cc(NC(=O)O)ccc2O1. The van der Waals surface area contributed by atoms with Crippen molar-refractivity contribution in [3.8, 4) is 5.75 Å². The summed E-state index contributed by atoms with van der Waals surface area (Å²) < 4.78 is 46.8.